The van der Waals surface area contributed by atoms with Gasteiger partial charge in [0.05, 0.1) is 26.4 Å². The molecule has 0 heterocycles. The highest BCUT2D eigenvalue weighted by atomic mass is 16.5. The molecule has 1 amide bonds. The van der Waals surface area contributed by atoms with E-state index < -0.39 is 0 Å². The molecule has 0 aliphatic rings. The lowest BCUT2D eigenvalue weighted by Gasteiger charge is -2.10. The van der Waals surface area contributed by atoms with Crippen molar-refractivity contribution >= 4 is 5.91 Å². The Balaban J connectivity index is 3.20. The molecule has 4 nitrogen and oxygen atoms in total. The topological polar surface area (TPSA) is 47.6 Å². The summed E-state index contributed by atoms with van der Waals surface area (Å²) in [4.78, 5) is 11.3. The zero-order valence-electron chi connectivity index (χ0n) is 10.3. The average molecular weight is 229 g/mol. The second kappa shape index (κ2) is 10.6. The van der Waals surface area contributed by atoms with E-state index in [0.717, 1.165) is 6.42 Å². The van der Waals surface area contributed by atoms with Crippen LogP contribution in [0.2, 0.25) is 0 Å². The van der Waals surface area contributed by atoms with E-state index in [1.165, 1.54) is 0 Å². The van der Waals surface area contributed by atoms with E-state index in [1.54, 1.807) is 6.08 Å². The van der Waals surface area contributed by atoms with Gasteiger partial charge in [0.2, 0.25) is 5.91 Å². The lowest BCUT2D eigenvalue weighted by atomic mass is 10.1. The normalized spacial score (nSPS) is 12.1. The molecular weight excluding hydrogens is 206 g/mol. The highest BCUT2D eigenvalue weighted by Crippen LogP contribution is 1.98. The van der Waals surface area contributed by atoms with Crippen LogP contribution in [0.4, 0.5) is 0 Å². The van der Waals surface area contributed by atoms with Crippen LogP contribution >= 0.6 is 0 Å². The van der Waals surface area contributed by atoms with Gasteiger partial charge in [-0.15, -0.1) is 6.58 Å². The zero-order chi connectivity index (χ0) is 12.2. The SMILES string of the molecule is C=CCOCCOCCNC(=O)C(C)CC. The van der Waals surface area contributed by atoms with Crippen LogP contribution in [0.1, 0.15) is 20.3 Å². The molecule has 94 valence electrons. The third-order valence-corrected chi connectivity index (χ3v) is 2.21. The summed E-state index contributed by atoms with van der Waals surface area (Å²) in [5.74, 6) is 0.171. The highest BCUT2D eigenvalue weighted by molar-refractivity contribution is 5.78. The molecule has 1 unspecified atom stereocenters. The van der Waals surface area contributed by atoms with Crippen LogP contribution in [0, 0.1) is 5.92 Å². The average Bonchev–Trinajstić information content (AvgIpc) is 2.31. The molecule has 0 rings (SSSR count). The summed E-state index contributed by atoms with van der Waals surface area (Å²) >= 11 is 0. The highest BCUT2D eigenvalue weighted by Gasteiger charge is 2.08. The summed E-state index contributed by atoms with van der Waals surface area (Å²) in [5.41, 5.74) is 0. The number of ether oxygens (including phenoxy) is 2. The fourth-order valence-electron chi connectivity index (χ4n) is 0.993. The minimum Gasteiger partial charge on any atom is -0.377 e. The fourth-order valence-corrected chi connectivity index (χ4v) is 0.993. The molecule has 0 aromatic carbocycles. The minimum absolute atomic E-state index is 0.0796. The van der Waals surface area contributed by atoms with Crippen molar-refractivity contribution in [1.82, 2.24) is 5.32 Å². The van der Waals surface area contributed by atoms with Crippen molar-refractivity contribution in [1.29, 1.82) is 0 Å². The van der Waals surface area contributed by atoms with Crippen molar-refractivity contribution in [2.75, 3.05) is 33.0 Å². The maximum absolute atomic E-state index is 11.3. The summed E-state index contributed by atoms with van der Waals surface area (Å²) in [7, 11) is 0. The van der Waals surface area contributed by atoms with Gasteiger partial charge in [0.15, 0.2) is 0 Å². The number of rotatable bonds is 10. The van der Waals surface area contributed by atoms with E-state index in [1.807, 2.05) is 13.8 Å². The smallest absolute Gasteiger partial charge is 0.222 e. The van der Waals surface area contributed by atoms with E-state index in [0.29, 0.717) is 33.0 Å². The van der Waals surface area contributed by atoms with Crippen molar-refractivity contribution in [2.45, 2.75) is 20.3 Å². The van der Waals surface area contributed by atoms with Crippen LogP contribution in [0.3, 0.4) is 0 Å². The van der Waals surface area contributed by atoms with Gasteiger partial charge in [-0.05, 0) is 6.42 Å². The Kier molecular flexibility index (Phi) is 10.1. The van der Waals surface area contributed by atoms with Gasteiger partial charge in [-0.1, -0.05) is 19.9 Å². The van der Waals surface area contributed by atoms with Crippen LogP contribution in [-0.4, -0.2) is 38.9 Å². The Morgan fingerprint density at radius 3 is 2.69 bits per heavy atom. The Morgan fingerprint density at radius 1 is 1.38 bits per heavy atom. The van der Waals surface area contributed by atoms with Gasteiger partial charge in [0.25, 0.3) is 0 Å². The minimum atomic E-state index is 0.0796. The standard InChI is InChI=1S/C12H23NO3/c1-4-7-15-9-10-16-8-6-13-12(14)11(3)5-2/h4,11H,1,5-10H2,2-3H3,(H,13,14). The van der Waals surface area contributed by atoms with Crippen LogP contribution < -0.4 is 5.32 Å². The Morgan fingerprint density at radius 2 is 2.06 bits per heavy atom. The molecule has 0 aliphatic carbocycles. The van der Waals surface area contributed by atoms with Crippen LogP contribution in [0.25, 0.3) is 0 Å². The van der Waals surface area contributed by atoms with Gasteiger partial charge in [-0.3, -0.25) is 4.79 Å². The molecule has 0 bridgehead atoms. The first-order valence-electron chi connectivity index (χ1n) is 5.76. The molecule has 0 aromatic rings. The molecule has 0 aliphatic heterocycles. The van der Waals surface area contributed by atoms with Gasteiger partial charge in [0, 0.05) is 12.5 Å². The van der Waals surface area contributed by atoms with E-state index in [2.05, 4.69) is 11.9 Å². The molecule has 0 radical (unpaired) electrons. The lowest BCUT2D eigenvalue weighted by molar-refractivity contribution is -0.124. The summed E-state index contributed by atoms with van der Waals surface area (Å²) in [5, 5.41) is 2.81. The van der Waals surface area contributed by atoms with E-state index >= 15 is 0 Å². The second-order valence-electron chi connectivity index (χ2n) is 3.58. The van der Waals surface area contributed by atoms with Gasteiger partial charge in [0.1, 0.15) is 0 Å². The molecule has 1 atom stereocenters. The van der Waals surface area contributed by atoms with Crippen molar-refractivity contribution in [3.8, 4) is 0 Å². The molecule has 16 heavy (non-hydrogen) atoms. The number of hydrogen-bond acceptors (Lipinski definition) is 3. The van der Waals surface area contributed by atoms with Gasteiger partial charge < -0.3 is 14.8 Å². The monoisotopic (exact) mass is 229 g/mol. The van der Waals surface area contributed by atoms with Gasteiger partial charge in [-0.2, -0.15) is 0 Å². The largest absolute Gasteiger partial charge is 0.377 e. The number of carbonyl (C=O) groups is 1. The van der Waals surface area contributed by atoms with Crippen LogP contribution in [-0.2, 0) is 14.3 Å². The second-order valence-corrected chi connectivity index (χ2v) is 3.58. The summed E-state index contributed by atoms with van der Waals surface area (Å²) in [6, 6.07) is 0. The van der Waals surface area contributed by atoms with Crippen molar-refractivity contribution in [3.05, 3.63) is 12.7 Å². The Hall–Kier alpha value is -0.870. The predicted octanol–water partition coefficient (Wildman–Crippen LogP) is 1.37. The van der Waals surface area contributed by atoms with Crippen LogP contribution in [0.5, 0.6) is 0 Å². The van der Waals surface area contributed by atoms with Crippen LogP contribution in [0.15, 0.2) is 12.7 Å². The third-order valence-electron chi connectivity index (χ3n) is 2.21. The molecule has 4 heteroatoms. The molecule has 0 fully saturated rings. The lowest BCUT2D eigenvalue weighted by Crippen LogP contribution is -2.31. The van der Waals surface area contributed by atoms with Crippen molar-refractivity contribution < 1.29 is 14.3 Å². The van der Waals surface area contributed by atoms with Crippen molar-refractivity contribution in [3.63, 3.8) is 0 Å². The molecule has 0 spiro atoms. The third kappa shape index (κ3) is 8.44. The number of carbonyl (C=O) groups excluding carboxylic acids is 1. The zero-order valence-corrected chi connectivity index (χ0v) is 10.3. The molecule has 0 saturated carbocycles. The van der Waals surface area contributed by atoms with E-state index in [4.69, 9.17) is 9.47 Å². The first-order chi connectivity index (χ1) is 7.72. The maximum Gasteiger partial charge on any atom is 0.222 e. The predicted molar refractivity (Wildman–Crippen MR) is 64.3 cm³/mol. The van der Waals surface area contributed by atoms with E-state index in [9.17, 15) is 4.79 Å². The first-order valence-corrected chi connectivity index (χ1v) is 5.76. The number of nitrogens with one attached hydrogen (secondary N) is 1. The van der Waals surface area contributed by atoms with Gasteiger partial charge >= 0.3 is 0 Å². The molecule has 1 N–H and O–H groups in total. The van der Waals surface area contributed by atoms with Crippen molar-refractivity contribution in [2.24, 2.45) is 5.92 Å². The quantitative estimate of drug-likeness (QED) is 0.454. The number of hydrogen-bond donors (Lipinski definition) is 1. The summed E-state index contributed by atoms with van der Waals surface area (Å²) in [6.45, 7) is 10.2. The molecular formula is C12H23NO3. The summed E-state index contributed by atoms with van der Waals surface area (Å²) in [6.07, 6.45) is 2.56. The summed E-state index contributed by atoms with van der Waals surface area (Å²) < 4.78 is 10.4. The Bertz CT molecular complexity index is 195. The molecule has 0 aromatic heterocycles. The van der Waals surface area contributed by atoms with Gasteiger partial charge in [-0.25, -0.2) is 0 Å². The first kappa shape index (κ1) is 15.1. The number of amides is 1. The molecule has 0 saturated heterocycles. The van der Waals surface area contributed by atoms with E-state index in [-0.39, 0.29) is 11.8 Å². The maximum atomic E-state index is 11.3. The fraction of sp³-hybridized carbons (Fsp3) is 0.750. The Labute approximate surface area is 98.0 Å².